The molecule has 1 heterocycles. The van der Waals surface area contributed by atoms with Gasteiger partial charge in [0.1, 0.15) is 11.7 Å². The largest absolute Gasteiger partial charge is 0.492 e. The molecule has 1 aliphatic rings. The van der Waals surface area contributed by atoms with E-state index in [2.05, 4.69) is 13.8 Å². The first-order chi connectivity index (χ1) is 12.8. The summed E-state index contributed by atoms with van der Waals surface area (Å²) in [4.78, 5) is 25.5. The Labute approximate surface area is 164 Å². The number of halogens is 1. The lowest BCUT2D eigenvalue weighted by Gasteiger charge is -2.18. The van der Waals surface area contributed by atoms with Crippen molar-refractivity contribution in [3.63, 3.8) is 0 Å². The molecule has 1 atom stereocenters. The molecular formula is C22H23ClO4. The summed E-state index contributed by atoms with van der Waals surface area (Å²) in [6.45, 7) is 6.80. The van der Waals surface area contributed by atoms with Crippen LogP contribution in [0.15, 0.2) is 42.5 Å². The van der Waals surface area contributed by atoms with E-state index in [0.717, 1.165) is 16.9 Å². The molecule has 0 N–H and O–H groups in total. The van der Waals surface area contributed by atoms with Gasteiger partial charge in [0.05, 0.1) is 13.2 Å². The number of fused-ring (bicyclic) bond motifs is 1. The van der Waals surface area contributed by atoms with Gasteiger partial charge in [-0.1, -0.05) is 49.7 Å². The van der Waals surface area contributed by atoms with Crippen molar-refractivity contribution in [1.29, 1.82) is 0 Å². The zero-order valence-electron chi connectivity index (χ0n) is 15.8. The number of ketones is 1. The van der Waals surface area contributed by atoms with Gasteiger partial charge in [-0.25, -0.2) is 0 Å². The molecule has 0 saturated carbocycles. The minimum atomic E-state index is -0.910. The van der Waals surface area contributed by atoms with Gasteiger partial charge in [-0.3, -0.25) is 9.59 Å². The number of hydrogen-bond acceptors (Lipinski definition) is 4. The molecule has 142 valence electrons. The Balaban J connectivity index is 1.91. The maximum atomic E-state index is 13.0. The van der Waals surface area contributed by atoms with Crippen molar-refractivity contribution in [2.45, 2.75) is 32.6 Å². The second kappa shape index (κ2) is 7.73. The lowest BCUT2D eigenvalue weighted by molar-refractivity contribution is -0.146. The molecular weight excluding hydrogens is 364 g/mol. The number of carbonyl (C=O) groups excluding carboxylic acids is 2. The number of hydrogen-bond donors (Lipinski definition) is 0. The fourth-order valence-corrected chi connectivity index (χ4v) is 3.49. The molecule has 0 fully saturated rings. The molecule has 2 aromatic rings. The second-order valence-corrected chi connectivity index (χ2v) is 7.82. The Morgan fingerprint density at radius 3 is 2.70 bits per heavy atom. The lowest BCUT2D eigenvalue weighted by Crippen LogP contribution is -2.28. The number of carbonyl (C=O) groups is 2. The maximum Gasteiger partial charge on any atom is 0.317 e. The number of rotatable bonds is 6. The van der Waals surface area contributed by atoms with Gasteiger partial charge in [-0.2, -0.15) is 0 Å². The van der Waals surface area contributed by atoms with Crippen LogP contribution in [0.2, 0.25) is 5.02 Å². The highest BCUT2D eigenvalue weighted by molar-refractivity contribution is 6.31. The molecule has 0 radical (unpaired) electrons. The van der Waals surface area contributed by atoms with E-state index in [1.165, 1.54) is 0 Å². The Morgan fingerprint density at radius 2 is 2.00 bits per heavy atom. The van der Waals surface area contributed by atoms with Crippen molar-refractivity contribution >= 4 is 23.4 Å². The molecule has 5 heteroatoms. The molecule has 2 aromatic carbocycles. The summed E-state index contributed by atoms with van der Waals surface area (Å²) in [5.74, 6) is -0.852. The SMILES string of the molecule is CCOC(=O)C(Cc1ccc2c(c1)C(C)(C)CO2)C(=O)c1cccc(Cl)c1. The van der Waals surface area contributed by atoms with Gasteiger partial charge in [0.25, 0.3) is 0 Å². The maximum absolute atomic E-state index is 13.0. The topological polar surface area (TPSA) is 52.6 Å². The summed E-state index contributed by atoms with van der Waals surface area (Å²) in [6.07, 6.45) is 0.271. The molecule has 0 amide bonds. The highest BCUT2D eigenvalue weighted by Gasteiger charge is 2.33. The lowest BCUT2D eigenvalue weighted by atomic mass is 9.84. The number of Topliss-reactive ketones (excluding diaryl/α,β-unsaturated/α-hetero) is 1. The van der Waals surface area contributed by atoms with Crippen molar-refractivity contribution in [2.24, 2.45) is 5.92 Å². The smallest absolute Gasteiger partial charge is 0.317 e. The zero-order chi connectivity index (χ0) is 19.6. The van der Waals surface area contributed by atoms with Gasteiger partial charge in [0.2, 0.25) is 0 Å². The average molecular weight is 387 g/mol. The number of benzene rings is 2. The van der Waals surface area contributed by atoms with E-state index >= 15 is 0 Å². The van der Waals surface area contributed by atoms with E-state index in [1.807, 2.05) is 18.2 Å². The fourth-order valence-electron chi connectivity index (χ4n) is 3.30. The van der Waals surface area contributed by atoms with E-state index < -0.39 is 11.9 Å². The summed E-state index contributed by atoms with van der Waals surface area (Å²) < 4.78 is 10.9. The Kier molecular flexibility index (Phi) is 5.56. The number of esters is 1. The van der Waals surface area contributed by atoms with Crippen LogP contribution in [-0.4, -0.2) is 25.0 Å². The monoisotopic (exact) mass is 386 g/mol. The Hall–Kier alpha value is -2.33. The fraction of sp³-hybridized carbons (Fsp3) is 0.364. The third-order valence-electron chi connectivity index (χ3n) is 4.80. The van der Waals surface area contributed by atoms with Crippen molar-refractivity contribution in [1.82, 2.24) is 0 Å². The standard InChI is InChI=1S/C22H23ClO4/c1-4-26-21(25)17(20(24)15-6-5-7-16(23)12-15)10-14-8-9-19-18(11-14)22(2,3)13-27-19/h5-9,11-12,17H,4,10,13H2,1-3H3. The quantitative estimate of drug-likeness (QED) is 0.413. The van der Waals surface area contributed by atoms with Crippen LogP contribution in [0.25, 0.3) is 0 Å². The molecule has 1 aliphatic heterocycles. The summed E-state index contributed by atoms with van der Waals surface area (Å²) in [7, 11) is 0. The molecule has 0 spiro atoms. The van der Waals surface area contributed by atoms with Gasteiger partial charge in [-0.15, -0.1) is 0 Å². The third kappa shape index (κ3) is 4.16. The van der Waals surface area contributed by atoms with Crippen molar-refractivity contribution < 1.29 is 19.1 Å². The molecule has 0 bridgehead atoms. The van der Waals surface area contributed by atoms with Crippen LogP contribution < -0.4 is 4.74 Å². The summed E-state index contributed by atoms with van der Waals surface area (Å²) in [6, 6.07) is 12.5. The third-order valence-corrected chi connectivity index (χ3v) is 5.03. The summed E-state index contributed by atoms with van der Waals surface area (Å²) in [5.41, 5.74) is 2.31. The first kappa shape index (κ1) is 19.4. The van der Waals surface area contributed by atoms with Crippen molar-refractivity contribution in [2.75, 3.05) is 13.2 Å². The van der Waals surface area contributed by atoms with Crippen LogP contribution in [0.3, 0.4) is 0 Å². The zero-order valence-corrected chi connectivity index (χ0v) is 16.5. The Morgan fingerprint density at radius 1 is 1.22 bits per heavy atom. The van der Waals surface area contributed by atoms with E-state index in [4.69, 9.17) is 21.1 Å². The highest BCUT2D eigenvalue weighted by atomic mass is 35.5. The molecule has 1 unspecified atom stereocenters. The van der Waals surface area contributed by atoms with Crippen LogP contribution in [0.5, 0.6) is 5.75 Å². The van der Waals surface area contributed by atoms with Crippen LogP contribution >= 0.6 is 11.6 Å². The summed E-state index contributed by atoms with van der Waals surface area (Å²) in [5, 5.41) is 0.458. The van der Waals surface area contributed by atoms with Crippen LogP contribution in [0, 0.1) is 5.92 Å². The molecule has 0 aliphatic carbocycles. The van der Waals surface area contributed by atoms with E-state index in [0.29, 0.717) is 17.2 Å². The molecule has 0 aromatic heterocycles. The van der Waals surface area contributed by atoms with Crippen LogP contribution in [-0.2, 0) is 21.4 Å². The Bertz CT molecular complexity index is 872. The van der Waals surface area contributed by atoms with E-state index in [-0.39, 0.29) is 24.2 Å². The minimum absolute atomic E-state index is 0.0955. The van der Waals surface area contributed by atoms with Gasteiger partial charge >= 0.3 is 5.97 Å². The second-order valence-electron chi connectivity index (χ2n) is 7.39. The van der Waals surface area contributed by atoms with Crippen LogP contribution in [0.4, 0.5) is 0 Å². The minimum Gasteiger partial charge on any atom is -0.492 e. The average Bonchev–Trinajstić information content (AvgIpc) is 2.94. The summed E-state index contributed by atoms with van der Waals surface area (Å²) >= 11 is 6.01. The van der Waals surface area contributed by atoms with Crippen LogP contribution in [0.1, 0.15) is 42.3 Å². The van der Waals surface area contributed by atoms with Gasteiger partial charge in [0, 0.05) is 21.6 Å². The van der Waals surface area contributed by atoms with Crippen molar-refractivity contribution in [3.05, 3.63) is 64.2 Å². The first-order valence-corrected chi connectivity index (χ1v) is 9.42. The predicted octanol–water partition coefficient (Wildman–Crippen LogP) is 4.61. The normalized spacial score (nSPS) is 15.6. The van der Waals surface area contributed by atoms with Gasteiger partial charge in [-0.05, 0) is 37.1 Å². The molecule has 4 nitrogen and oxygen atoms in total. The number of ether oxygens (including phenoxy) is 2. The molecule has 3 rings (SSSR count). The molecule has 0 saturated heterocycles. The highest BCUT2D eigenvalue weighted by Crippen LogP contribution is 2.39. The van der Waals surface area contributed by atoms with E-state index in [1.54, 1.807) is 31.2 Å². The molecule has 27 heavy (non-hydrogen) atoms. The van der Waals surface area contributed by atoms with Gasteiger partial charge < -0.3 is 9.47 Å². The van der Waals surface area contributed by atoms with Gasteiger partial charge in [0.15, 0.2) is 5.78 Å². The first-order valence-electron chi connectivity index (χ1n) is 9.04. The van der Waals surface area contributed by atoms with E-state index in [9.17, 15) is 9.59 Å². The predicted molar refractivity (Wildman–Crippen MR) is 105 cm³/mol. The van der Waals surface area contributed by atoms with Crippen molar-refractivity contribution in [3.8, 4) is 5.75 Å².